The van der Waals surface area contributed by atoms with Crippen LogP contribution in [-0.2, 0) is 95.6 Å². The maximum atomic E-state index is 14.5. The standard InChI is InChI=1S/C59H94O32S2/c1-24(2)11-10-16-58(8)48-28(61)19-57(7)27-12-13-33-55(4,5)34(15-17-56(33,6)26(27)14-18-59(48,57)54(71)90-58)85-52-46(38(66)32(22-80-52)91-93(75,76)77)89-53-47(88-49-39(67)35(63)29(62)21-79-49)40(68)43(25(3)82-53)86-51-42(70)45(37(65)31(84-51)23-81-92(72,73)74)87-50-41(69)44(78-9)36(64)30(20-60)83-50/h14,24-25,27,29-53,60,62-70H,10-13,15-23H2,1-9H3,(H,72,73,74)(H,75,76,77)/t25-,27+,29-,30-,31-,32-,33+,34+,35+,36-,37-,38+,39-,40+,41-,42-,43-,44+,45+,46-,47-,48+,49+,50+,51+,52+,53+,56-,57+,58+,59-/m1/s1. The van der Waals surface area contributed by atoms with E-state index in [9.17, 15) is 86.6 Å². The van der Waals surface area contributed by atoms with E-state index in [0.29, 0.717) is 44.4 Å². The van der Waals surface area contributed by atoms with Crippen molar-refractivity contribution in [3.05, 3.63) is 11.6 Å². The number of Topliss-reactive ketones (excluding diaryl/α,β-unsaturated/α-hetero) is 1. The third-order valence-corrected chi connectivity index (χ3v) is 23.1. The number of allylic oxidation sites excluding steroid dienone is 2. The van der Waals surface area contributed by atoms with Crippen molar-refractivity contribution in [3.63, 3.8) is 0 Å². The Balaban J connectivity index is 0.918. The van der Waals surface area contributed by atoms with Gasteiger partial charge >= 0.3 is 26.8 Å². The molecule has 1 spiro atoms. The van der Waals surface area contributed by atoms with E-state index in [1.165, 1.54) is 12.5 Å². The normalized spacial score (nSPS) is 49.3. The van der Waals surface area contributed by atoms with Gasteiger partial charge < -0.3 is 108 Å². The molecule has 6 aliphatic heterocycles. The average Bonchev–Trinajstić information content (AvgIpc) is 1.52. The van der Waals surface area contributed by atoms with E-state index in [-0.39, 0.29) is 30.0 Å². The van der Waals surface area contributed by atoms with Crippen molar-refractivity contribution < 1.29 is 152 Å². The van der Waals surface area contributed by atoms with Crippen LogP contribution in [0.25, 0.3) is 0 Å². The maximum absolute atomic E-state index is 14.5. The lowest BCUT2D eigenvalue weighted by molar-refractivity contribution is -0.403. The van der Waals surface area contributed by atoms with Crippen LogP contribution in [0.4, 0.5) is 0 Å². The van der Waals surface area contributed by atoms with Crippen LogP contribution in [0, 0.1) is 45.3 Å². The molecule has 10 rings (SSSR count). The highest BCUT2D eigenvalue weighted by atomic mass is 32.3. The summed E-state index contributed by atoms with van der Waals surface area (Å²) >= 11 is 0. The third-order valence-electron chi connectivity index (χ3n) is 22.2. The van der Waals surface area contributed by atoms with E-state index in [1.54, 1.807) is 0 Å². The Bertz CT molecular complexity index is 2920. The quantitative estimate of drug-likeness (QED) is 0.0256. The van der Waals surface area contributed by atoms with Crippen molar-refractivity contribution in [2.75, 3.05) is 33.5 Å². The SMILES string of the molecule is CO[C@@H]1[C@@H](O)[C@H](O[C@@H]2[C@@H](O)[C@H](O[C@H]3[C@H](O)[C@@H](O[C@@H]4OC[C@@H](O)[C@H](O)[C@H]4O)[C@H](O[C@H]4[C@H](O[C@H]5CC[C@]6(C)C7=CC[C@]89C(=O)O[C@@](C)(CCCC(C)C)[C@@H]8C(=O)C[C@@]9(C)[C@H]7CC[C@H]6C5(C)C)OC[C@@H](OS(=O)(=O)O)[C@@H]4O)O[C@@H]3C)O[C@H](COS(=O)(=O)O)[C@H]2O)O[C@H](CO)[C@H]1O. The van der Waals surface area contributed by atoms with Gasteiger partial charge in [0, 0.05) is 13.5 Å². The number of methoxy groups -OCH3 is 1. The van der Waals surface area contributed by atoms with Crippen LogP contribution in [-0.4, -0.2) is 275 Å². The Morgan fingerprint density at radius 3 is 1.91 bits per heavy atom. The summed E-state index contributed by atoms with van der Waals surface area (Å²) in [6, 6.07) is 0. The fraction of sp³-hybridized carbons (Fsp3) is 0.932. The lowest BCUT2D eigenvalue weighted by Gasteiger charge is -2.63. The molecule has 12 N–H and O–H groups in total. The molecule has 4 aliphatic carbocycles. The Morgan fingerprint density at radius 1 is 0.656 bits per heavy atom. The van der Waals surface area contributed by atoms with Crippen molar-refractivity contribution in [2.45, 2.75) is 266 Å². The minimum atomic E-state index is -5.31. The first-order chi connectivity index (χ1) is 43.4. The first-order valence-corrected chi connectivity index (χ1v) is 34.6. The second kappa shape index (κ2) is 27.4. The molecule has 0 bridgehead atoms. The van der Waals surface area contributed by atoms with Crippen LogP contribution in [0.15, 0.2) is 11.6 Å². The number of esters is 1. The molecule has 0 aromatic rings. The number of aliphatic hydroxyl groups is 10. The molecule has 0 radical (unpaired) electrons. The van der Waals surface area contributed by atoms with Gasteiger partial charge in [-0.25, -0.2) is 8.37 Å². The van der Waals surface area contributed by atoms with Gasteiger partial charge in [-0.2, -0.15) is 16.8 Å². The second-order valence-electron chi connectivity index (χ2n) is 28.7. The number of rotatable bonds is 21. The zero-order chi connectivity index (χ0) is 68.2. The highest BCUT2D eigenvalue weighted by Gasteiger charge is 2.79. The van der Waals surface area contributed by atoms with Crippen LogP contribution in [0.3, 0.4) is 0 Å². The topological polar surface area (TPSA) is 474 Å². The molecule has 6 heterocycles. The van der Waals surface area contributed by atoms with Crippen molar-refractivity contribution >= 4 is 32.6 Å². The molecule has 6 saturated heterocycles. The summed E-state index contributed by atoms with van der Waals surface area (Å²) in [6.45, 7) is 12.4. The second-order valence-corrected chi connectivity index (χ2v) is 30.8. The lowest BCUT2D eigenvalue weighted by atomic mass is 9.41. The van der Waals surface area contributed by atoms with E-state index in [0.717, 1.165) is 20.0 Å². The van der Waals surface area contributed by atoms with Crippen molar-refractivity contribution in [1.29, 1.82) is 0 Å². The van der Waals surface area contributed by atoms with Gasteiger partial charge in [-0.15, -0.1) is 0 Å². The molecule has 9 fully saturated rings. The number of aliphatic hydroxyl groups excluding tert-OH is 10. The van der Waals surface area contributed by atoms with Gasteiger partial charge in [0.15, 0.2) is 31.5 Å². The van der Waals surface area contributed by atoms with Gasteiger partial charge in [0.25, 0.3) is 0 Å². The fourth-order valence-electron chi connectivity index (χ4n) is 17.5. The molecule has 10 aliphatic rings. The van der Waals surface area contributed by atoms with E-state index < -0.39 is 228 Å². The van der Waals surface area contributed by atoms with Gasteiger partial charge in [0.05, 0.1) is 50.0 Å². The number of ether oxygens (including phenoxy) is 12. The van der Waals surface area contributed by atoms with Crippen LogP contribution < -0.4 is 0 Å². The highest BCUT2D eigenvalue weighted by molar-refractivity contribution is 7.81. The number of carbonyl (C=O) groups is 2. The van der Waals surface area contributed by atoms with Crippen molar-refractivity contribution in [3.8, 4) is 0 Å². The van der Waals surface area contributed by atoms with E-state index in [2.05, 4.69) is 38.0 Å². The summed E-state index contributed by atoms with van der Waals surface area (Å²) in [5, 5.41) is 112. The minimum Gasteiger partial charge on any atom is -0.458 e. The third kappa shape index (κ3) is 13.6. The zero-order valence-corrected chi connectivity index (χ0v) is 54.9. The van der Waals surface area contributed by atoms with Gasteiger partial charge in [-0.3, -0.25) is 18.7 Å². The van der Waals surface area contributed by atoms with E-state index in [4.69, 9.17) is 61.0 Å². The zero-order valence-electron chi connectivity index (χ0n) is 53.3. The fourth-order valence-corrected chi connectivity index (χ4v) is 18.3. The molecule has 0 amide bonds. The summed E-state index contributed by atoms with van der Waals surface area (Å²) in [5.74, 6) is -0.643. The molecule has 32 nitrogen and oxygen atoms in total. The molecule has 534 valence electrons. The van der Waals surface area contributed by atoms with E-state index >= 15 is 0 Å². The average molecular weight is 1380 g/mol. The summed E-state index contributed by atoms with van der Waals surface area (Å²) in [4.78, 5) is 29.0. The van der Waals surface area contributed by atoms with Crippen LogP contribution in [0.1, 0.15) is 113 Å². The summed E-state index contributed by atoms with van der Waals surface area (Å²) in [7, 11) is -9.46. The number of fused-ring (bicyclic) bond motifs is 4. The number of carbonyl (C=O) groups excluding carboxylic acids is 2. The predicted molar refractivity (Wildman–Crippen MR) is 308 cm³/mol. The Kier molecular flexibility index (Phi) is 21.6. The lowest BCUT2D eigenvalue weighted by Crippen LogP contribution is -2.68. The minimum absolute atomic E-state index is 0.0490. The number of cyclic esters (lactones) is 1. The first-order valence-electron chi connectivity index (χ1n) is 31.8. The summed E-state index contributed by atoms with van der Waals surface area (Å²) in [6.07, 6.45) is -37.0. The number of hydrogen-bond acceptors (Lipinski definition) is 30. The largest absolute Gasteiger partial charge is 0.458 e. The van der Waals surface area contributed by atoms with Gasteiger partial charge in [0.2, 0.25) is 0 Å². The molecule has 0 aromatic heterocycles. The monoisotopic (exact) mass is 1380 g/mol. The van der Waals surface area contributed by atoms with Gasteiger partial charge in [0.1, 0.15) is 115 Å². The number of ketones is 1. The molecule has 31 atom stereocenters. The van der Waals surface area contributed by atoms with Crippen LogP contribution in [0.5, 0.6) is 0 Å². The first kappa shape index (κ1) is 73.5. The molecule has 93 heavy (non-hydrogen) atoms. The summed E-state index contributed by atoms with van der Waals surface area (Å²) < 4.78 is 149. The van der Waals surface area contributed by atoms with Gasteiger partial charge in [-0.05, 0) is 92.8 Å². The molecule has 34 heteroatoms. The predicted octanol–water partition coefficient (Wildman–Crippen LogP) is -2.01. The van der Waals surface area contributed by atoms with Crippen LogP contribution in [0.2, 0.25) is 0 Å². The Labute approximate surface area is 539 Å². The Morgan fingerprint density at radius 2 is 1.27 bits per heavy atom. The summed E-state index contributed by atoms with van der Waals surface area (Å²) in [5.41, 5.74) is -2.72. The molecular formula is C59H94O32S2. The molecular weight excluding hydrogens is 1280 g/mol. The molecule has 0 unspecified atom stereocenters. The van der Waals surface area contributed by atoms with Crippen molar-refractivity contribution in [2.24, 2.45) is 45.3 Å². The molecule has 0 aromatic carbocycles. The molecule has 3 saturated carbocycles. The van der Waals surface area contributed by atoms with Gasteiger partial charge in [-0.1, -0.05) is 59.6 Å². The number of hydrogen-bond donors (Lipinski definition) is 12. The van der Waals surface area contributed by atoms with Crippen LogP contribution >= 0.6 is 0 Å². The Hall–Kier alpha value is -2.22. The van der Waals surface area contributed by atoms with Crippen molar-refractivity contribution in [1.82, 2.24) is 0 Å². The maximum Gasteiger partial charge on any atom is 0.397 e. The smallest absolute Gasteiger partial charge is 0.397 e. The van der Waals surface area contributed by atoms with E-state index in [1.807, 2.05) is 20.8 Å². The highest BCUT2D eigenvalue weighted by Crippen LogP contribution is 2.75.